The molecule has 0 bridgehead atoms. The maximum absolute atomic E-state index is 13.5. The van der Waals surface area contributed by atoms with Crippen LogP contribution in [0, 0.1) is 12.3 Å². The monoisotopic (exact) mass is 505 g/mol. The van der Waals surface area contributed by atoms with E-state index < -0.39 is 5.41 Å². The number of likely N-dealkylation sites (tertiary alicyclic amines) is 1. The number of hydrogen-bond donors (Lipinski definition) is 1. The molecular weight excluding hydrogens is 466 g/mol. The summed E-state index contributed by atoms with van der Waals surface area (Å²) >= 11 is 0. The zero-order valence-corrected chi connectivity index (χ0v) is 22.2. The summed E-state index contributed by atoms with van der Waals surface area (Å²) in [5, 5.41) is 3.22. The lowest BCUT2D eigenvalue weighted by Gasteiger charge is -2.41. The topological polar surface area (TPSA) is 87.7 Å². The van der Waals surface area contributed by atoms with Gasteiger partial charge in [-0.1, -0.05) is 24.6 Å². The minimum Gasteiger partial charge on any atom is -0.491 e. The Hall–Kier alpha value is -3.16. The Morgan fingerprint density at radius 2 is 1.78 bits per heavy atom. The van der Waals surface area contributed by atoms with Crippen LogP contribution in [0.3, 0.4) is 0 Å². The number of ether oxygens (including phenoxy) is 1. The molecule has 2 saturated heterocycles. The van der Waals surface area contributed by atoms with E-state index in [9.17, 15) is 9.59 Å². The van der Waals surface area contributed by atoms with Crippen LogP contribution in [0.25, 0.3) is 0 Å². The third-order valence-corrected chi connectivity index (χ3v) is 8.13. The molecule has 8 nitrogen and oxygen atoms in total. The highest BCUT2D eigenvalue weighted by atomic mass is 16.5. The maximum Gasteiger partial charge on any atom is 0.272 e. The zero-order chi connectivity index (χ0) is 25.8. The third kappa shape index (κ3) is 5.73. The van der Waals surface area contributed by atoms with E-state index in [1.165, 1.54) is 5.56 Å². The summed E-state index contributed by atoms with van der Waals surface area (Å²) in [6.45, 7) is 7.34. The summed E-state index contributed by atoms with van der Waals surface area (Å²) in [6.07, 6.45) is 7.35. The maximum atomic E-state index is 13.5. The molecule has 3 aliphatic heterocycles. The molecule has 0 unspecified atom stereocenters. The summed E-state index contributed by atoms with van der Waals surface area (Å²) in [5.41, 5.74) is 2.04. The molecule has 8 heteroatoms. The molecule has 37 heavy (non-hydrogen) atoms. The average Bonchev–Trinajstić information content (AvgIpc) is 3.45. The number of amides is 2. The first-order valence-electron chi connectivity index (χ1n) is 13.9. The molecule has 0 radical (unpaired) electrons. The molecule has 0 aliphatic carbocycles. The van der Waals surface area contributed by atoms with E-state index in [0.29, 0.717) is 44.2 Å². The van der Waals surface area contributed by atoms with Crippen molar-refractivity contribution in [3.63, 3.8) is 0 Å². The molecule has 2 amide bonds. The second kappa shape index (κ2) is 11.1. The summed E-state index contributed by atoms with van der Waals surface area (Å²) < 4.78 is 6.07. The van der Waals surface area contributed by atoms with Crippen molar-refractivity contribution in [1.82, 2.24) is 20.2 Å². The molecule has 0 saturated carbocycles. The van der Waals surface area contributed by atoms with Gasteiger partial charge in [0.1, 0.15) is 18.1 Å². The van der Waals surface area contributed by atoms with Crippen LogP contribution in [0.5, 0.6) is 5.75 Å². The number of carbonyl (C=O) groups is 2. The molecule has 1 spiro atoms. The normalized spacial score (nSPS) is 22.4. The fourth-order valence-corrected chi connectivity index (χ4v) is 5.87. The van der Waals surface area contributed by atoms with Gasteiger partial charge in [-0.25, -0.2) is 9.97 Å². The number of hydrogen-bond acceptors (Lipinski definition) is 6. The highest BCUT2D eigenvalue weighted by Gasteiger charge is 2.42. The lowest BCUT2D eigenvalue weighted by molar-refractivity contribution is -0.135. The van der Waals surface area contributed by atoms with Crippen molar-refractivity contribution in [3.8, 4) is 5.75 Å². The van der Waals surface area contributed by atoms with Crippen LogP contribution in [-0.2, 0) is 11.2 Å². The molecule has 5 rings (SSSR count). The molecule has 1 atom stereocenters. The van der Waals surface area contributed by atoms with E-state index in [2.05, 4.69) is 32.3 Å². The third-order valence-electron chi connectivity index (χ3n) is 8.13. The van der Waals surface area contributed by atoms with Crippen molar-refractivity contribution in [2.75, 3.05) is 37.7 Å². The highest BCUT2D eigenvalue weighted by Crippen LogP contribution is 2.38. The van der Waals surface area contributed by atoms with E-state index in [0.717, 1.165) is 63.1 Å². The predicted octanol–water partition coefficient (Wildman–Crippen LogP) is 3.92. The minimum atomic E-state index is -0.452. The number of benzene rings is 1. The smallest absolute Gasteiger partial charge is 0.272 e. The first kappa shape index (κ1) is 25.5. The highest BCUT2D eigenvalue weighted by molar-refractivity contribution is 5.93. The Balaban J connectivity index is 1.27. The predicted molar refractivity (Wildman–Crippen MR) is 143 cm³/mol. The average molecular weight is 506 g/mol. The Labute approximate surface area is 219 Å². The van der Waals surface area contributed by atoms with E-state index in [4.69, 9.17) is 4.74 Å². The van der Waals surface area contributed by atoms with Crippen molar-refractivity contribution in [3.05, 3.63) is 47.3 Å². The van der Waals surface area contributed by atoms with Gasteiger partial charge in [-0.2, -0.15) is 0 Å². The molecular formula is C29H39N5O3. The summed E-state index contributed by atoms with van der Waals surface area (Å²) in [7, 11) is 0. The first-order valence-corrected chi connectivity index (χ1v) is 13.9. The van der Waals surface area contributed by atoms with Crippen LogP contribution < -0.4 is 15.0 Å². The number of aryl methyl sites for hydroxylation is 2. The van der Waals surface area contributed by atoms with Crippen LogP contribution >= 0.6 is 0 Å². The molecule has 3 aliphatic rings. The fraction of sp³-hybridized carbons (Fsp3) is 0.586. The zero-order valence-electron chi connectivity index (χ0n) is 22.2. The van der Waals surface area contributed by atoms with Crippen LogP contribution in [0.1, 0.15) is 73.6 Å². The van der Waals surface area contributed by atoms with Gasteiger partial charge in [-0.15, -0.1) is 0 Å². The van der Waals surface area contributed by atoms with Crippen LogP contribution in [-0.4, -0.2) is 65.5 Å². The van der Waals surface area contributed by atoms with Crippen LogP contribution in [0.2, 0.25) is 0 Å². The van der Waals surface area contributed by atoms with Crippen molar-refractivity contribution in [1.29, 1.82) is 0 Å². The van der Waals surface area contributed by atoms with Gasteiger partial charge in [0, 0.05) is 31.9 Å². The molecule has 2 fully saturated rings. The van der Waals surface area contributed by atoms with E-state index in [1.807, 2.05) is 30.9 Å². The van der Waals surface area contributed by atoms with Gasteiger partial charge >= 0.3 is 0 Å². The number of fused-ring (bicyclic) bond motifs is 1. The molecule has 198 valence electrons. The number of rotatable bonds is 2. The summed E-state index contributed by atoms with van der Waals surface area (Å²) in [6, 6.07) is 9.89. The number of nitrogens with one attached hydrogen (secondary N) is 1. The first-order chi connectivity index (χ1) is 17.9. The minimum absolute atomic E-state index is 0.0623. The summed E-state index contributed by atoms with van der Waals surface area (Å²) in [4.78, 5) is 40.2. The van der Waals surface area contributed by atoms with E-state index in [1.54, 1.807) is 6.07 Å². The largest absolute Gasteiger partial charge is 0.491 e. The molecule has 1 aromatic carbocycles. The van der Waals surface area contributed by atoms with Crippen molar-refractivity contribution < 1.29 is 14.3 Å². The number of para-hydroxylation sites is 1. The number of carbonyl (C=O) groups excluding carboxylic acids is 2. The number of aromatic nitrogens is 2. The SMILES string of the molecule is Cc1cc(C(=O)N2CCC3(CCCCc4ccccc4OC[C@H](C)NC3=O)CC2)nc(N2CCCC2)n1. The Morgan fingerprint density at radius 1 is 1.03 bits per heavy atom. The standard InChI is InChI=1S/C29H39N5O3/c1-21-19-24(32-28(31-21)34-15-7-8-16-34)26(35)33-17-13-29(14-18-33)12-6-5-10-23-9-3-4-11-25(23)37-20-22(2)30-27(29)36/h3-4,9,11,19,22H,5-8,10,12-18,20H2,1-2H3,(H,30,36)/t22-/m0/s1. The Kier molecular flexibility index (Phi) is 7.63. The van der Waals surface area contributed by atoms with Gasteiger partial charge in [0.2, 0.25) is 11.9 Å². The second-order valence-corrected chi connectivity index (χ2v) is 11.0. The second-order valence-electron chi connectivity index (χ2n) is 11.0. The van der Waals surface area contributed by atoms with Gasteiger partial charge in [0.15, 0.2) is 0 Å². The number of anilines is 1. The summed E-state index contributed by atoms with van der Waals surface area (Å²) in [5.74, 6) is 1.61. The van der Waals surface area contributed by atoms with Gasteiger partial charge in [0.25, 0.3) is 5.91 Å². The molecule has 4 heterocycles. The lowest BCUT2D eigenvalue weighted by atomic mass is 9.73. The van der Waals surface area contributed by atoms with Crippen molar-refractivity contribution >= 4 is 17.8 Å². The lowest BCUT2D eigenvalue weighted by Crippen LogP contribution is -2.52. The van der Waals surface area contributed by atoms with Crippen molar-refractivity contribution in [2.24, 2.45) is 5.41 Å². The number of nitrogens with zero attached hydrogens (tertiary/aromatic N) is 4. The fourth-order valence-electron chi connectivity index (χ4n) is 5.87. The van der Waals surface area contributed by atoms with Crippen LogP contribution in [0.4, 0.5) is 5.95 Å². The molecule has 1 N–H and O–H groups in total. The van der Waals surface area contributed by atoms with Gasteiger partial charge in [-0.3, -0.25) is 9.59 Å². The van der Waals surface area contributed by atoms with Gasteiger partial charge in [0.05, 0.1) is 11.5 Å². The molecule has 2 aromatic rings. The van der Waals surface area contributed by atoms with E-state index in [-0.39, 0.29) is 17.9 Å². The van der Waals surface area contributed by atoms with E-state index >= 15 is 0 Å². The van der Waals surface area contributed by atoms with Gasteiger partial charge < -0.3 is 19.9 Å². The van der Waals surface area contributed by atoms with Crippen molar-refractivity contribution in [2.45, 2.75) is 71.3 Å². The van der Waals surface area contributed by atoms with Crippen LogP contribution in [0.15, 0.2) is 30.3 Å². The Bertz CT molecular complexity index is 1120. The molecule has 1 aromatic heterocycles. The Morgan fingerprint density at radius 3 is 2.57 bits per heavy atom. The van der Waals surface area contributed by atoms with Gasteiger partial charge in [-0.05, 0) is 76.5 Å². The number of piperidine rings is 1. The quantitative estimate of drug-likeness (QED) is 0.666.